The van der Waals surface area contributed by atoms with Crippen LogP contribution in [0.3, 0.4) is 0 Å². The molecule has 0 unspecified atom stereocenters. The molecule has 2 aromatic rings. The lowest BCUT2D eigenvalue weighted by atomic mass is 9.90. The molecule has 3 rings (SSSR count). The molecule has 122 valence electrons. The number of anilines is 1. The van der Waals surface area contributed by atoms with E-state index >= 15 is 0 Å². The number of aromatic nitrogens is 2. The van der Waals surface area contributed by atoms with Gasteiger partial charge in [-0.05, 0) is 38.7 Å². The highest BCUT2D eigenvalue weighted by Gasteiger charge is 2.37. The quantitative estimate of drug-likeness (QED) is 0.846. The number of hydrogen-bond acceptors (Lipinski definition) is 4. The Hall–Kier alpha value is -1.94. The number of rotatable bonds is 5. The largest absolute Gasteiger partial charge is 0.377 e. The van der Waals surface area contributed by atoms with E-state index in [1.807, 2.05) is 6.92 Å². The van der Waals surface area contributed by atoms with Crippen molar-refractivity contribution in [2.24, 2.45) is 0 Å². The van der Waals surface area contributed by atoms with Gasteiger partial charge < -0.3 is 9.64 Å². The molecule has 0 radical (unpaired) electrons. The molecule has 4 heteroatoms. The van der Waals surface area contributed by atoms with Gasteiger partial charge in [0.1, 0.15) is 12.4 Å². The van der Waals surface area contributed by atoms with E-state index in [1.54, 1.807) is 7.11 Å². The third-order valence-corrected chi connectivity index (χ3v) is 4.61. The molecule has 0 bridgehead atoms. The van der Waals surface area contributed by atoms with Gasteiger partial charge >= 0.3 is 0 Å². The number of methoxy groups -OCH3 is 1. The molecule has 1 saturated heterocycles. The first kappa shape index (κ1) is 15.9. The number of hydrogen-bond donors (Lipinski definition) is 0. The standard InChI is InChI=1S/C19H25N3O/c1-15-12-18(21-17(20-15)14-23-3)22-11-7-10-19(22,2)13-16-8-5-4-6-9-16/h4-6,8-9,12H,7,10-11,13-14H2,1-3H3/t19-/m1/s1. The van der Waals surface area contributed by atoms with Crippen LogP contribution in [-0.4, -0.2) is 29.2 Å². The van der Waals surface area contributed by atoms with Crippen molar-refractivity contribution >= 4 is 5.82 Å². The molecule has 1 atom stereocenters. The summed E-state index contributed by atoms with van der Waals surface area (Å²) in [6.45, 7) is 5.87. The van der Waals surface area contributed by atoms with Crippen LogP contribution in [0.5, 0.6) is 0 Å². The first-order valence-electron chi connectivity index (χ1n) is 8.26. The molecular weight excluding hydrogens is 286 g/mol. The van der Waals surface area contributed by atoms with Crippen molar-refractivity contribution in [1.29, 1.82) is 0 Å². The van der Waals surface area contributed by atoms with E-state index in [9.17, 15) is 0 Å². The average Bonchev–Trinajstić information content (AvgIpc) is 2.89. The van der Waals surface area contributed by atoms with Gasteiger partial charge in [0.15, 0.2) is 5.82 Å². The van der Waals surface area contributed by atoms with Crippen molar-refractivity contribution in [3.8, 4) is 0 Å². The molecule has 2 heterocycles. The van der Waals surface area contributed by atoms with Gasteiger partial charge in [0.25, 0.3) is 0 Å². The Morgan fingerprint density at radius 2 is 2.00 bits per heavy atom. The summed E-state index contributed by atoms with van der Waals surface area (Å²) in [5, 5.41) is 0. The second-order valence-corrected chi connectivity index (χ2v) is 6.63. The number of benzene rings is 1. The van der Waals surface area contributed by atoms with E-state index in [2.05, 4.69) is 53.2 Å². The summed E-state index contributed by atoms with van der Waals surface area (Å²) >= 11 is 0. The molecule has 0 spiro atoms. The summed E-state index contributed by atoms with van der Waals surface area (Å²) in [4.78, 5) is 11.6. The van der Waals surface area contributed by atoms with Crippen molar-refractivity contribution < 1.29 is 4.74 Å². The molecule has 1 aromatic carbocycles. The summed E-state index contributed by atoms with van der Waals surface area (Å²) in [7, 11) is 1.68. The predicted octanol–water partition coefficient (Wildman–Crippen LogP) is 3.53. The molecule has 23 heavy (non-hydrogen) atoms. The van der Waals surface area contributed by atoms with E-state index in [0.29, 0.717) is 6.61 Å². The lowest BCUT2D eigenvalue weighted by Crippen LogP contribution is -2.43. The zero-order valence-corrected chi connectivity index (χ0v) is 14.2. The Morgan fingerprint density at radius 1 is 1.22 bits per heavy atom. The Balaban J connectivity index is 1.89. The minimum Gasteiger partial charge on any atom is -0.377 e. The van der Waals surface area contributed by atoms with Crippen molar-refractivity contribution in [3.05, 3.63) is 53.5 Å². The summed E-state index contributed by atoms with van der Waals surface area (Å²) in [5.41, 5.74) is 2.48. The normalized spacial score (nSPS) is 20.9. The first-order valence-corrected chi connectivity index (χ1v) is 8.26. The Morgan fingerprint density at radius 3 is 2.74 bits per heavy atom. The molecule has 0 saturated carbocycles. The van der Waals surface area contributed by atoms with Crippen LogP contribution in [0, 0.1) is 6.92 Å². The summed E-state index contributed by atoms with van der Waals surface area (Å²) in [5.74, 6) is 1.79. The lowest BCUT2D eigenvalue weighted by Gasteiger charge is -2.36. The molecular formula is C19H25N3O. The molecule has 0 amide bonds. The van der Waals surface area contributed by atoms with Crippen LogP contribution in [0.25, 0.3) is 0 Å². The Bertz CT molecular complexity index is 659. The predicted molar refractivity (Wildman–Crippen MR) is 92.6 cm³/mol. The fourth-order valence-electron chi connectivity index (χ4n) is 3.58. The fraction of sp³-hybridized carbons (Fsp3) is 0.474. The van der Waals surface area contributed by atoms with Gasteiger partial charge in [-0.3, -0.25) is 0 Å². The number of ether oxygens (including phenoxy) is 1. The molecule has 1 aliphatic heterocycles. The maximum atomic E-state index is 5.20. The van der Waals surface area contributed by atoms with Crippen LogP contribution in [0.4, 0.5) is 5.82 Å². The zero-order chi connectivity index (χ0) is 16.3. The van der Waals surface area contributed by atoms with E-state index in [4.69, 9.17) is 9.72 Å². The van der Waals surface area contributed by atoms with E-state index in [-0.39, 0.29) is 5.54 Å². The van der Waals surface area contributed by atoms with Gasteiger partial charge in [0.05, 0.1) is 0 Å². The Labute approximate surface area is 138 Å². The van der Waals surface area contributed by atoms with Gasteiger partial charge in [-0.1, -0.05) is 30.3 Å². The summed E-state index contributed by atoms with van der Waals surface area (Å²) in [6.07, 6.45) is 3.42. The SMILES string of the molecule is COCc1nc(C)cc(N2CCC[C@]2(C)Cc2ccccc2)n1. The summed E-state index contributed by atoms with van der Waals surface area (Å²) < 4.78 is 5.20. The van der Waals surface area contributed by atoms with Crippen molar-refractivity contribution in [1.82, 2.24) is 9.97 Å². The van der Waals surface area contributed by atoms with Gasteiger partial charge in [-0.2, -0.15) is 0 Å². The monoisotopic (exact) mass is 311 g/mol. The molecule has 1 aliphatic rings. The fourth-order valence-corrected chi connectivity index (χ4v) is 3.58. The van der Waals surface area contributed by atoms with E-state index < -0.39 is 0 Å². The van der Waals surface area contributed by atoms with Crippen LogP contribution in [-0.2, 0) is 17.8 Å². The lowest BCUT2D eigenvalue weighted by molar-refractivity contribution is 0.177. The number of nitrogens with zero attached hydrogens (tertiary/aromatic N) is 3. The maximum absolute atomic E-state index is 5.20. The van der Waals surface area contributed by atoms with Crippen molar-refractivity contribution in [2.45, 2.75) is 45.3 Å². The van der Waals surface area contributed by atoms with Crippen LogP contribution < -0.4 is 4.90 Å². The van der Waals surface area contributed by atoms with Gasteiger partial charge in [0.2, 0.25) is 0 Å². The van der Waals surface area contributed by atoms with Crippen molar-refractivity contribution in [2.75, 3.05) is 18.6 Å². The van der Waals surface area contributed by atoms with Crippen molar-refractivity contribution in [3.63, 3.8) is 0 Å². The summed E-state index contributed by atoms with van der Waals surface area (Å²) in [6, 6.07) is 12.8. The molecule has 0 N–H and O–H groups in total. The van der Waals surface area contributed by atoms with Gasteiger partial charge in [-0.25, -0.2) is 9.97 Å². The van der Waals surface area contributed by atoms with E-state index in [0.717, 1.165) is 30.3 Å². The second kappa shape index (κ2) is 6.67. The van der Waals surface area contributed by atoms with Crippen LogP contribution in [0.1, 0.15) is 36.8 Å². The van der Waals surface area contributed by atoms with Crippen LogP contribution in [0.2, 0.25) is 0 Å². The maximum Gasteiger partial charge on any atom is 0.156 e. The minimum absolute atomic E-state index is 0.104. The third-order valence-electron chi connectivity index (χ3n) is 4.61. The molecule has 1 fully saturated rings. The Kier molecular flexibility index (Phi) is 4.62. The van der Waals surface area contributed by atoms with Gasteiger partial charge in [-0.15, -0.1) is 0 Å². The third kappa shape index (κ3) is 3.53. The zero-order valence-electron chi connectivity index (χ0n) is 14.2. The highest BCUT2D eigenvalue weighted by Crippen LogP contribution is 2.35. The molecule has 1 aromatic heterocycles. The van der Waals surface area contributed by atoms with Crippen LogP contribution in [0.15, 0.2) is 36.4 Å². The number of aryl methyl sites for hydroxylation is 1. The van der Waals surface area contributed by atoms with Crippen LogP contribution >= 0.6 is 0 Å². The molecule has 0 aliphatic carbocycles. The topological polar surface area (TPSA) is 38.2 Å². The van der Waals surface area contributed by atoms with Gasteiger partial charge in [0, 0.05) is 31.0 Å². The first-order chi connectivity index (χ1) is 11.1. The highest BCUT2D eigenvalue weighted by molar-refractivity contribution is 5.45. The minimum atomic E-state index is 0.104. The molecule has 4 nitrogen and oxygen atoms in total. The highest BCUT2D eigenvalue weighted by atomic mass is 16.5. The average molecular weight is 311 g/mol. The smallest absolute Gasteiger partial charge is 0.156 e. The van der Waals surface area contributed by atoms with E-state index in [1.165, 1.54) is 18.4 Å². The second-order valence-electron chi connectivity index (χ2n) is 6.63.